The average Bonchev–Trinajstić information content (AvgIpc) is 3.47. The van der Waals surface area contributed by atoms with E-state index >= 15 is 0 Å². The minimum atomic E-state index is -3.84. The minimum Gasteiger partial charge on any atom is -0.494 e. The molecule has 1 unspecified atom stereocenters. The highest BCUT2D eigenvalue weighted by Crippen LogP contribution is 2.24. The van der Waals surface area contributed by atoms with E-state index in [1.807, 2.05) is 61.5 Å². The Kier molecular flexibility index (Phi) is 11.0. The number of benzene rings is 3. The molecule has 42 heavy (non-hydrogen) atoms. The van der Waals surface area contributed by atoms with Crippen LogP contribution >= 0.6 is 15.9 Å². The fraction of sp³-hybridized carbons (Fsp3) is 0.375. The molecule has 1 fully saturated rings. The van der Waals surface area contributed by atoms with Gasteiger partial charge in [-0.2, -0.15) is 0 Å². The van der Waals surface area contributed by atoms with Gasteiger partial charge in [0.2, 0.25) is 21.8 Å². The third-order valence-corrected chi connectivity index (χ3v) is 8.96. The van der Waals surface area contributed by atoms with Gasteiger partial charge < -0.3 is 15.0 Å². The zero-order chi connectivity index (χ0) is 30.1. The Balaban J connectivity index is 1.70. The highest BCUT2D eigenvalue weighted by atomic mass is 79.9. The quantitative estimate of drug-likeness (QED) is 0.269. The highest BCUT2D eigenvalue weighted by Gasteiger charge is 2.34. The van der Waals surface area contributed by atoms with Crippen LogP contribution in [0.5, 0.6) is 5.75 Å². The standard InChI is InChI=1S/C32H38BrN3O5S/c1-3-41-29-18-16-28(17-19-29)36(42(2,39)40)23-31(37)35(22-25-12-9-13-26(33)20-25)30(21-24-10-5-4-6-11-24)32(38)34-27-14-7-8-15-27/h4-6,9-13,16-20,27,30H,3,7-8,14-15,21-23H2,1-2H3,(H,34,38). The summed E-state index contributed by atoms with van der Waals surface area (Å²) in [5.41, 5.74) is 2.06. The third kappa shape index (κ3) is 8.82. The van der Waals surface area contributed by atoms with Gasteiger partial charge in [-0.15, -0.1) is 0 Å². The zero-order valence-electron chi connectivity index (χ0n) is 24.0. The topological polar surface area (TPSA) is 96.0 Å². The van der Waals surface area contributed by atoms with E-state index in [1.165, 1.54) is 4.90 Å². The summed E-state index contributed by atoms with van der Waals surface area (Å²) in [6.07, 6.45) is 5.29. The van der Waals surface area contributed by atoms with Crippen LogP contribution in [-0.4, -0.2) is 56.6 Å². The number of nitrogens with one attached hydrogen (secondary N) is 1. The number of nitrogens with zero attached hydrogens (tertiary/aromatic N) is 2. The van der Waals surface area contributed by atoms with Gasteiger partial charge >= 0.3 is 0 Å². The summed E-state index contributed by atoms with van der Waals surface area (Å²) in [6, 6.07) is 22.9. The van der Waals surface area contributed by atoms with E-state index in [9.17, 15) is 18.0 Å². The van der Waals surface area contributed by atoms with Crippen LogP contribution in [-0.2, 0) is 32.6 Å². The number of sulfonamides is 1. The van der Waals surface area contributed by atoms with Gasteiger partial charge in [0.1, 0.15) is 18.3 Å². The largest absolute Gasteiger partial charge is 0.494 e. The fourth-order valence-corrected chi connectivity index (χ4v) is 6.54. The molecule has 10 heteroatoms. The van der Waals surface area contributed by atoms with Gasteiger partial charge in [0.05, 0.1) is 18.6 Å². The molecule has 1 aliphatic rings. The first-order valence-electron chi connectivity index (χ1n) is 14.2. The van der Waals surface area contributed by atoms with E-state index in [-0.39, 0.29) is 18.5 Å². The molecule has 0 aliphatic heterocycles. The van der Waals surface area contributed by atoms with Gasteiger partial charge in [0.25, 0.3) is 0 Å². The summed E-state index contributed by atoms with van der Waals surface area (Å²) in [7, 11) is -3.84. The van der Waals surface area contributed by atoms with Crippen molar-refractivity contribution in [1.82, 2.24) is 10.2 Å². The molecule has 3 aromatic carbocycles. The Hall–Kier alpha value is -3.37. The molecule has 1 saturated carbocycles. The predicted octanol–water partition coefficient (Wildman–Crippen LogP) is 5.31. The smallest absolute Gasteiger partial charge is 0.244 e. The Bertz CT molecular complexity index is 1440. The highest BCUT2D eigenvalue weighted by molar-refractivity contribution is 9.10. The van der Waals surface area contributed by atoms with Gasteiger partial charge in [-0.1, -0.05) is 71.2 Å². The molecule has 2 amide bonds. The van der Waals surface area contributed by atoms with Crippen molar-refractivity contribution < 1.29 is 22.7 Å². The van der Waals surface area contributed by atoms with Crippen LogP contribution in [0, 0.1) is 0 Å². The van der Waals surface area contributed by atoms with E-state index in [0.29, 0.717) is 24.5 Å². The second kappa shape index (κ2) is 14.7. The Labute approximate surface area is 257 Å². The van der Waals surface area contributed by atoms with Crippen LogP contribution in [0.2, 0.25) is 0 Å². The van der Waals surface area contributed by atoms with Crippen LogP contribution in [0.1, 0.15) is 43.7 Å². The van der Waals surface area contributed by atoms with Crippen molar-refractivity contribution in [2.75, 3.05) is 23.7 Å². The summed E-state index contributed by atoms with van der Waals surface area (Å²) in [6.45, 7) is 2.02. The first-order valence-corrected chi connectivity index (χ1v) is 16.9. The van der Waals surface area contributed by atoms with E-state index in [4.69, 9.17) is 4.74 Å². The molecule has 0 bridgehead atoms. The van der Waals surface area contributed by atoms with E-state index in [0.717, 1.165) is 51.8 Å². The number of halogens is 1. The lowest BCUT2D eigenvalue weighted by atomic mass is 10.0. The van der Waals surface area contributed by atoms with E-state index in [2.05, 4.69) is 21.2 Å². The number of anilines is 1. The monoisotopic (exact) mass is 655 g/mol. The average molecular weight is 657 g/mol. The molecule has 224 valence electrons. The number of rotatable bonds is 13. The van der Waals surface area contributed by atoms with Gasteiger partial charge in [-0.05, 0) is 67.3 Å². The van der Waals surface area contributed by atoms with Gasteiger partial charge in [0.15, 0.2) is 0 Å². The Morgan fingerprint density at radius 3 is 2.26 bits per heavy atom. The van der Waals surface area contributed by atoms with E-state index < -0.39 is 28.5 Å². The molecule has 1 atom stereocenters. The van der Waals surface area contributed by atoms with Crippen molar-refractivity contribution >= 4 is 43.5 Å². The summed E-state index contributed by atoms with van der Waals surface area (Å²) in [5, 5.41) is 3.18. The lowest BCUT2D eigenvalue weighted by molar-refractivity contribution is -0.140. The molecule has 0 aromatic heterocycles. The molecule has 0 spiro atoms. The predicted molar refractivity (Wildman–Crippen MR) is 169 cm³/mol. The first-order chi connectivity index (χ1) is 20.1. The van der Waals surface area contributed by atoms with Crippen molar-refractivity contribution in [2.24, 2.45) is 0 Å². The number of hydrogen-bond donors (Lipinski definition) is 1. The summed E-state index contributed by atoms with van der Waals surface area (Å²) >= 11 is 3.50. The molecule has 1 aliphatic carbocycles. The number of carbonyl (C=O) groups excluding carboxylic acids is 2. The van der Waals surface area contributed by atoms with Crippen molar-refractivity contribution in [1.29, 1.82) is 0 Å². The van der Waals surface area contributed by atoms with Crippen molar-refractivity contribution in [3.8, 4) is 5.75 Å². The van der Waals surface area contributed by atoms with Crippen LogP contribution in [0.25, 0.3) is 0 Å². The SMILES string of the molecule is CCOc1ccc(N(CC(=O)N(Cc2cccc(Br)c2)C(Cc2ccccc2)C(=O)NC2CCCC2)S(C)(=O)=O)cc1. The Morgan fingerprint density at radius 2 is 1.64 bits per heavy atom. The summed E-state index contributed by atoms with van der Waals surface area (Å²) in [5.74, 6) is -0.110. The third-order valence-electron chi connectivity index (χ3n) is 7.33. The van der Waals surface area contributed by atoms with Crippen LogP contribution in [0.15, 0.2) is 83.3 Å². The number of amides is 2. The van der Waals surface area contributed by atoms with Crippen LogP contribution in [0.3, 0.4) is 0 Å². The van der Waals surface area contributed by atoms with Crippen molar-refractivity contribution in [3.05, 3.63) is 94.5 Å². The van der Waals surface area contributed by atoms with Gasteiger partial charge in [0, 0.05) is 23.5 Å². The molecular formula is C32H38BrN3O5S. The minimum absolute atomic E-state index is 0.0648. The Morgan fingerprint density at radius 1 is 0.976 bits per heavy atom. The fourth-order valence-electron chi connectivity index (χ4n) is 5.24. The molecular weight excluding hydrogens is 618 g/mol. The maximum absolute atomic E-state index is 14.2. The lowest BCUT2D eigenvalue weighted by Crippen LogP contribution is -2.54. The lowest BCUT2D eigenvalue weighted by Gasteiger charge is -2.34. The maximum Gasteiger partial charge on any atom is 0.244 e. The molecule has 1 N–H and O–H groups in total. The van der Waals surface area contributed by atoms with Crippen LogP contribution in [0.4, 0.5) is 5.69 Å². The van der Waals surface area contributed by atoms with Crippen molar-refractivity contribution in [2.45, 2.75) is 57.7 Å². The van der Waals surface area contributed by atoms with Crippen LogP contribution < -0.4 is 14.4 Å². The zero-order valence-corrected chi connectivity index (χ0v) is 26.4. The molecule has 0 radical (unpaired) electrons. The molecule has 3 aromatic rings. The summed E-state index contributed by atoms with van der Waals surface area (Å²) < 4.78 is 33.4. The second-order valence-electron chi connectivity index (χ2n) is 10.5. The first kappa shape index (κ1) is 31.6. The normalized spacial score (nSPS) is 14.3. The number of ether oxygens (including phenoxy) is 1. The number of hydrogen-bond acceptors (Lipinski definition) is 5. The van der Waals surface area contributed by atoms with Crippen molar-refractivity contribution in [3.63, 3.8) is 0 Å². The molecule has 8 nitrogen and oxygen atoms in total. The second-order valence-corrected chi connectivity index (χ2v) is 13.4. The molecule has 4 rings (SSSR count). The van der Waals surface area contributed by atoms with Gasteiger partial charge in [-0.25, -0.2) is 8.42 Å². The van der Waals surface area contributed by atoms with Gasteiger partial charge in [-0.3, -0.25) is 13.9 Å². The van der Waals surface area contributed by atoms with E-state index in [1.54, 1.807) is 24.3 Å². The molecule has 0 heterocycles. The summed E-state index contributed by atoms with van der Waals surface area (Å²) in [4.78, 5) is 29.6. The molecule has 0 saturated heterocycles. The number of carbonyl (C=O) groups is 2. The maximum atomic E-state index is 14.2.